The van der Waals surface area contributed by atoms with Crippen LogP contribution in [0.5, 0.6) is 5.75 Å². The van der Waals surface area contributed by atoms with E-state index in [4.69, 9.17) is 10.5 Å². The summed E-state index contributed by atoms with van der Waals surface area (Å²) in [5.74, 6) is 0.830. The molecule has 1 heterocycles. The van der Waals surface area contributed by atoms with Gasteiger partial charge in [-0.05, 0) is 18.9 Å². The van der Waals surface area contributed by atoms with Gasteiger partial charge in [0.25, 0.3) is 0 Å². The number of benzene rings is 1. The highest BCUT2D eigenvalue weighted by Crippen LogP contribution is 2.17. The quantitative estimate of drug-likeness (QED) is 0.756. The molecule has 0 aliphatic rings. The number of nitrogens with zero attached hydrogens (tertiary/aromatic N) is 2. The fourth-order valence-electron chi connectivity index (χ4n) is 2.27. The number of hydrogen-bond acceptors (Lipinski definition) is 3. The summed E-state index contributed by atoms with van der Waals surface area (Å²) in [7, 11) is 0. The van der Waals surface area contributed by atoms with E-state index in [9.17, 15) is 4.79 Å². The van der Waals surface area contributed by atoms with Crippen molar-refractivity contribution in [3.05, 3.63) is 52.7 Å². The Morgan fingerprint density at radius 3 is 2.57 bits per heavy atom. The van der Waals surface area contributed by atoms with E-state index in [1.807, 2.05) is 36.7 Å². The van der Waals surface area contributed by atoms with E-state index in [1.165, 1.54) is 0 Å². The molecule has 0 bridgehead atoms. The Morgan fingerprint density at radius 2 is 1.86 bits per heavy atom. The van der Waals surface area contributed by atoms with Gasteiger partial charge >= 0.3 is 5.69 Å². The van der Waals surface area contributed by atoms with Gasteiger partial charge in [-0.2, -0.15) is 0 Å². The van der Waals surface area contributed by atoms with Crippen LogP contribution in [-0.2, 0) is 19.6 Å². The van der Waals surface area contributed by atoms with E-state index in [0.717, 1.165) is 30.7 Å². The lowest BCUT2D eigenvalue weighted by Crippen LogP contribution is -2.24. The minimum Gasteiger partial charge on any atom is -0.493 e. The highest BCUT2D eigenvalue weighted by molar-refractivity contribution is 5.32. The van der Waals surface area contributed by atoms with Crippen molar-refractivity contribution in [2.75, 3.05) is 6.61 Å². The first-order valence-electron chi connectivity index (χ1n) is 7.42. The number of hydrogen-bond donors (Lipinski definition) is 1. The van der Waals surface area contributed by atoms with Crippen molar-refractivity contribution < 1.29 is 4.74 Å². The number of aryl methyl sites for hydroxylation is 2. The molecular formula is C16H23N3O2. The average molecular weight is 289 g/mol. The molecule has 5 nitrogen and oxygen atoms in total. The predicted molar refractivity (Wildman–Crippen MR) is 83.4 cm³/mol. The number of aromatic nitrogens is 2. The average Bonchev–Trinajstić information content (AvgIpc) is 2.85. The fraction of sp³-hybridized carbons (Fsp3) is 0.438. The highest BCUT2D eigenvalue weighted by atomic mass is 16.5. The lowest BCUT2D eigenvalue weighted by Gasteiger charge is -2.10. The first-order chi connectivity index (χ1) is 10.3. The van der Waals surface area contributed by atoms with Crippen molar-refractivity contribution in [1.29, 1.82) is 0 Å². The van der Waals surface area contributed by atoms with E-state index >= 15 is 0 Å². The molecule has 0 radical (unpaired) electrons. The van der Waals surface area contributed by atoms with E-state index < -0.39 is 0 Å². The maximum absolute atomic E-state index is 12.0. The minimum absolute atomic E-state index is 0.0548. The van der Waals surface area contributed by atoms with Gasteiger partial charge < -0.3 is 10.5 Å². The van der Waals surface area contributed by atoms with Crippen LogP contribution in [0.25, 0.3) is 0 Å². The van der Waals surface area contributed by atoms with Crippen LogP contribution < -0.4 is 16.2 Å². The summed E-state index contributed by atoms with van der Waals surface area (Å²) >= 11 is 0. The largest absolute Gasteiger partial charge is 0.493 e. The first kappa shape index (κ1) is 15.4. The zero-order valence-corrected chi connectivity index (χ0v) is 12.5. The lowest BCUT2D eigenvalue weighted by molar-refractivity contribution is 0.298. The van der Waals surface area contributed by atoms with E-state index in [0.29, 0.717) is 19.7 Å². The Hall–Kier alpha value is -2.01. The molecule has 0 spiro atoms. The van der Waals surface area contributed by atoms with Crippen molar-refractivity contribution in [2.24, 2.45) is 5.73 Å². The molecule has 5 heteroatoms. The van der Waals surface area contributed by atoms with Gasteiger partial charge in [-0.25, -0.2) is 4.79 Å². The Morgan fingerprint density at radius 1 is 1.14 bits per heavy atom. The zero-order chi connectivity index (χ0) is 15.1. The SMILES string of the molecule is CCCn1ccn(CCCOc2ccccc2CN)c1=O. The van der Waals surface area contributed by atoms with Gasteiger partial charge in [-0.1, -0.05) is 25.1 Å². The molecule has 0 saturated heterocycles. The van der Waals surface area contributed by atoms with Crippen molar-refractivity contribution in [2.45, 2.75) is 39.4 Å². The highest BCUT2D eigenvalue weighted by Gasteiger charge is 2.03. The molecule has 0 saturated carbocycles. The summed E-state index contributed by atoms with van der Waals surface area (Å²) in [5.41, 5.74) is 6.73. The van der Waals surface area contributed by atoms with Crippen molar-refractivity contribution >= 4 is 0 Å². The molecule has 21 heavy (non-hydrogen) atoms. The molecule has 0 unspecified atom stereocenters. The van der Waals surface area contributed by atoms with Crippen LogP contribution in [-0.4, -0.2) is 15.7 Å². The third-order valence-corrected chi connectivity index (χ3v) is 3.38. The molecule has 0 amide bonds. The number of imidazole rings is 1. The second-order valence-electron chi connectivity index (χ2n) is 4.98. The molecule has 0 fully saturated rings. The third kappa shape index (κ3) is 3.98. The predicted octanol–water partition coefficient (Wildman–Crippen LogP) is 1.99. The third-order valence-electron chi connectivity index (χ3n) is 3.38. The summed E-state index contributed by atoms with van der Waals surface area (Å²) in [4.78, 5) is 12.0. The van der Waals surface area contributed by atoms with Gasteiger partial charge in [-0.15, -0.1) is 0 Å². The Labute approximate surface area is 125 Å². The van der Waals surface area contributed by atoms with Gasteiger partial charge in [0.15, 0.2) is 0 Å². The Balaban J connectivity index is 1.83. The molecule has 2 N–H and O–H groups in total. The van der Waals surface area contributed by atoms with Crippen LogP contribution in [0.3, 0.4) is 0 Å². The Bertz CT molecular complexity index is 616. The summed E-state index contributed by atoms with van der Waals surface area (Å²) in [6.45, 7) is 4.54. The molecule has 0 atom stereocenters. The van der Waals surface area contributed by atoms with Gasteiger partial charge in [0.2, 0.25) is 0 Å². The van der Waals surface area contributed by atoms with Crippen molar-refractivity contribution in [3.63, 3.8) is 0 Å². The summed E-state index contributed by atoms with van der Waals surface area (Å²) in [5, 5.41) is 0. The molecule has 1 aromatic heterocycles. The second-order valence-corrected chi connectivity index (χ2v) is 4.98. The van der Waals surface area contributed by atoms with Crippen LogP contribution in [0, 0.1) is 0 Å². The molecule has 0 aliphatic carbocycles. The number of para-hydroxylation sites is 1. The standard InChI is InChI=1S/C16H23N3O2/c1-2-8-18-10-11-19(16(18)20)9-5-12-21-15-7-4-3-6-14(15)13-17/h3-4,6-7,10-11H,2,5,8-9,12-13,17H2,1H3. The lowest BCUT2D eigenvalue weighted by atomic mass is 10.2. The van der Waals surface area contributed by atoms with Gasteiger partial charge in [0.1, 0.15) is 5.75 Å². The van der Waals surface area contributed by atoms with Crippen LogP contribution in [0.4, 0.5) is 0 Å². The van der Waals surface area contributed by atoms with Gasteiger partial charge in [0, 0.05) is 37.6 Å². The maximum Gasteiger partial charge on any atom is 0.328 e. The smallest absolute Gasteiger partial charge is 0.328 e. The van der Waals surface area contributed by atoms with E-state index in [1.54, 1.807) is 9.13 Å². The van der Waals surface area contributed by atoms with Crippen molar-refractivity contribution in [1.82, 2.24) is 9.13 Å². The summed E-state index contributed by atoms with van der Waals surface area (Å²) < 4.78 is 9.21. The van der Waals surface area contributed by atoms with Crippen LogP contribution in [0.15, 0.2) is 41.5 Å². The monoisotopic (exact) mass is 289 g/mol. The van der Waals surface area contributed by atoms with Crippen LogP contribution >= 0.6 is 0 Å². The second kappa shape index (κ2) is 7.69. The summed E-state index contributed by atoms with van der Waals surface area (Å²) in [6, 6.07) is 7.77. The molecule has 0 aliphatic heterocycles. The summed E-state index contributed by atoms with van der Waals surface area (Å²) in [6.07, 6.45) is 5.43. The molecule has 1 aromatic carbocycles. The number of rotatable bonds is 8. The van der Waals surface area contributed by atoms with E-state index in [2.05, 4.69) is 6.92 Å². The molecule has 2 aromatic rings. The van der Waals surface area contributed by atoms with Gasteiger partial charge in [-0.3, -0.25) is 9.13 Å². The molecular weight excluding hydrogens is 266 g/mol. The minimum atomic E-state index is 0.0548. The van der Waals surface area contributed by atoms with Gasteiger partial charge in [0.05, 0.1) is 6.61 Å². The molecule has 114 valence electrons. The number of nitrogens with two attached hydrogens (primary N) is 1. The zero-order valence-electron chi connectivity index (χ0n) is 12.5. The normalized spacial score (nSPS) is 10.8. The maximum atomic E-state index is 12.0. The fourth-order valence-corrected chi connectivity index (χ4v) is 2.27. The van der Waals surface area contributed by atoms with Crippen molar-refractivity contribution in [3.8, 4) is 5.75 Å². The van der Waals surface area contributed by atoms with Crippen LogP contribution in [0.1, 0.15) is 25.3 Å². The Kier molecular flexibility index (Phi) is 5.63. The number of ether oxygens (including phenoxy) is 1. The van der Waals surface area contributed by atoms with E-state index in [-0.39, 0.29) is 5.69 Å². The molecule has 2 rings (SSSR count). The topological polar surface area (TPSA) is 62.2 Å². The first-order valence-corrected chi connectivity index (χ1v) is 7.42. The van der Waals surface area contributed by atoms with Crippen LogP contribution in [0.2, 0.25) is 0 Å².